The lowest BCUT2D eigenvalue weighted by Gasteiger charge is -2.31. The average Bonchev–Trinajstić information content (AvgIpc) is 2.67. The average molecular weight is 353 g/mol. The number of anilines is 1. The van der Waals surface area contributed by atoms with Crippen molar-refractivity contribution in [2.75, 3.05) is 25.5 Å². The van der Waals surface area contributed by atoms with E-state index < -0.39 is 0 Å². The van der Waals surface area contributed by atoms with Crippen molar-refractivity contribution in [3.8, 4) is 5.75 Å². The van der Waals surface area contributed by atoms with Crippen LogP contribution in [0.25, 0.3) is 0 Å². The molecule has 6 nitrogen and oxygen atoms in total. The molecule has 1 fully saturated rings. The van der Waals surface area contributed by atoms with E-state index in [1.165, 1.54) is 0 Å². The van der Waals surface area contributed by atoms with Crippen LogP contribution in [-0.4, -0.2) is 41.9 Å². The first-order valence-corrected chi connectivity index (χ1v) is 8.73. The summed E-state index contributed by atoms with van der Waals surface area (Å²) in [5.74, 6) is 1.16. The van der Waals surface area contributed by atoms with Gasteiger partial charge in [-0.2, -0.15) is 0 Å². The first-order valence-electron chi connectivity index (χ1n) is 8.73. The summed E-state index contributed by atoms with van der Waals surface area (Å²) in [6.45, 7) is 3.11. The molecule has 1 aliphatic rings. The minimum absolute atomic E-state index is 0.00754. The number of carbonyl (C=O) groups excluding carboxylic acids is 2. The van der Waals surface area contributed by atoms with Gasteiger partial charge >= 0.3 is 0 Å². The van der Waals surface area contributed by atoms with E-state index in [0.29, 0.717) is 37.3 Å². The summed E-state index contributed by atoms with van der Waals surface area (Å²) in [6, 6.07) is 10.8. The molecule has 2 heterocycles. The van der Waals surface area contributed by atoms with Crippen LogP contribution in [0.4, 0.5) is 5.82 Å². The molecule has 1 saturated heterocycles. The molecule has 6 heteroatoms. The molecular weight excluding hydrogens is 330 g/mol. The van der Waals surface area contributed by atoms with E-state index in [9.17, 15) is 9.59 Å². The zero-order valence-electron chi connectivity index (χ0n) is 15.1. The number of benzene rings is 1. The van der Waals surface area contributed by atoms with Crippen LogP contribution in [-0.2, 0) is 4.79 Å². The van der Waals surface area contributed by atoms with Crippen molar-refractivity contribution in [2.45, 2.75) is 19.8 Å². The number of nitrogens with zero attached hydrogens (tertiary/aromatic N) is 2. The molecule has 0 bridgehead atoms. The number of rotatable bonds is 4. The van der Waals surface area contributed by atoms with Gasteiger partial charge in [-0.1, -0.05) is 0 Å². The zero-order chi connectivity index (χ0) is 18.5. The van der Waals surface area contributed by atoms with Crippen molar-refractivity contribution in [1.82, 2.24) is 9.88 Å². The molecule has 1 aromatic carbocycles. The highest BCUT2D eigenvalue weighted by Crippen LogP contribution is 2.21. The van der Waals surface area contributed by atoms with Crippen molar-refractivity contribution in [1.29, 1.82) is 0 Å². The maximum atomic E-state index is 12.6. The summed E-state index contributed by atoms with van der Waals surface area (Å²) in [4.78, 5) is 31.0. The van der Waals surface area contributed by atoms with Crippen LogP contribution in [0, 0.1) is 12.8 Å². The van der Waals surface area contributed by atoms with Gasteiger partial charge in [0.1, 0.15) is 11.6 Å². The van der Waals surface area contributed by atoms with Gasteiger partial charge in [0.05, 0.1) is 7.11 Å². The van der Waals surface area contributed by atoms with Crippen LogP contribution in [0.1, 0.15) is 28.8 Å². The quantitative estimate of drug-likeness (QED) is 0.917. The fraction of sp³-hybridized carbons (Fsp3) is 0.350. The number of hydrogen-bond donors (Lipinski definition) is 1. The summed E-state index contributed by atoms with van der Waals surface area (Å²) < 4.78 is 5.12. The van der Waals surface area contributed by atoms with Gasteiger partial charge in [0.15, 0.2) is 0 Å². The van der Waals surface area contributed by atoms with Crippen LogP contribution in [0.3, 0.4) is 0 Å². The van der Waals surface area contributed by atoms with Gasteiger partial charge in [0.25, 0.3) is 5.91 Å². The second-order valence-electron chi connectivity index (χ2n) is 6.50. The molecule has 1 aliphatic heterocycles. The fourth-order valence-corrected chi connectivity index (χ4v) is 3.09. The topological polar surface area (TPSA) is 71.5 Å². The molecule has 0 saturated carbocycles. The Morgan fingerprint density at radius 1 is 1.15 bits per heavy atom. The van der Waals surface area contributed by atoms with E-state index in [4.69, 9.17) is 4.74 Å². The third kappa shape index (κ3) is 4.20. The number of ether oxygens (including phenoxy) is 1. The normalized spacial score (nSPS) is 14.8. The second kappa shape index (κ2) is 7.99. The lowest BCUT2D eigenvalue weighted by atomic mass is 9.95. The Hall–Kier alpha value is -2.89. The van der Waals surface area contributed by atoms with Crippen molar-refractivity contribution in [3.63, 3.8) is 0 Å². The maximum absolute atomic E-state index is 12.6. The van der Waals surface area contributed by atoms with Gasteiger partial charge in [-0.3, -0.25) is 9.59 Å². The summed E-state index contributed by atoms with van der Waals surface area (Å²) in [7, 11) is 1.60. The minimum Gasteiger partial charge on any atom is -0.497 e. The number of piperidine rings is 1. The molecule has 136 valence electrons. The SMILES string of the molecule is COc1ccc(C(=O)N2CCC(C(=O)Nc3cc(C)ccn3)CC2)cc1. The molecule has 2 amide bonds. The predicted octanol–water partition coefficient (Wildman–Crippen LogP) is 2.89. The highest BCUT2D eigenvalue weighted by Gasteiger charge is 2.28. The Morgan fingerprint density at radius 2 is 1.85 bits per heavy atom. The van der Waals surface area contributed by atoms with Crippen molar-refractivity contribution < 1.29 is 14.3 Å². The van der Waals surface area contributed by atoms with Crippen LogP contribution >= 0.6 is 0 Å². The fourth-order valence-electron chi connectivity index (χ4n) is 3.09. The summed E-state index contributed by atoms with van der Waals surface area (Å²) in [5, 5.41) is 2.87. The highest BCUT2D eigenvalue weighted by molar-refractivity contribution is 5.95. The number of pyridine rings is 1. The van der Waals surface area contributed by atoms with E-state index in [-0.39, 0.29) is 17.7 Å². The van der Waals surface area contributed by atoms with Crippen molar-refractivity contribution in [3.05, 3.63) is 53.7 Å². The Balaban J connectivity index is 1.54. The maximum Gasteiger partial charge on any atom is 0.253 e. The van der Waals surface area contributed by atoms with Crippen LogP contribution in [0.5, 0.6) is 5.75 Å². The molecule has 1 aromatic heterocycles. The number of amides is 2. The molecule has 1 N–H and O–H groups in total. The first kappa shape index (κ1) is 17.9. The van der Waals surface area contributed by atoms with Gasteiger partial charge in [-0.25, -0.2) is 4.98 Å². The van der Waals surface area contributed by atoms with Gasteiger partial charge in [-0.05, 0) is 61.7 Å². The molecule has 0 unspecified atom stereocenters. The number of hydrogen-bond acceptors (Lipinski definition) is 4. The van der Waals surface area contributed by atoms with Gasteiger partial charge in [0.2, 0.25) is 5.91 Å². The van der Waals surface area contributed by atoms with E-state index in [1.54, 1.807) is 42.5 Å². The standard InChI is InChI=1S/C20H23N3O3/c1-14-7-10-21-18(13-14)22-19(24)15-8-11-23(12-9-15)20(25)16-3-5-17(26-2)6-4-16/h3-7,10,13,15H,8-9,11-12H2,1-2H3,(H,21,22,24). The minimum atomic E-state index is -0.0998. The molecular formula is C20H23N3O3. The molecule has 2 aromatic rings. The molecule has 3 rings (SSSR count). The summed E-state index contributed by atoms with van der Waals surface area (Å²) >= 11 is 0. The lowest BCUT2D eigenvalue weighted by Crippen LogP contribution is -2.41. The molecule has 26 heavy (non-hydrogen) atoms. The van der Waals surface area contributed by atoms with Gasteiger partial charge in [-0.15, -0.1) is 0 Å². The number of aromatic nitrogens is 1. The Bertz CT molecular complexity index is 781. The van der Waals surface area contributed by atoms with E-state index in [1.807, 2.05) is 19.1 Å². The first-order chi connectivity index (χ1) is 12.6. The zero-order valence-corrected chi connectivity index (χ0v) is 15.1. The number of methoxy groups -OCH3 is 1. The third-order valence-corrected chi connectivity index (χ3v) is 4.66. The van der Waals surface area contributed by atoms with E-state index >= 15 is 0 Å². The summed E-state index contributed by atoms with van der Waals surface area (Å²) in [6.07, 6.45) is 2.99. The van der Waals surface area contributed by atoms with E-state index in [2.05, 4.69) is 10.3 Å². The number of likely N-dealkylation sites (tertiary alicyclic amines) is 1. The van der Waals surface area contributed by atoms with Gasteiger partial charge < -0.3 is 15.0 Å². The van der Waals surface area contributed by atoms with E-state index in [0.717, 1.165) is 11.3 Å². The monoisotopic (exact) mass is 353 g/mol. The third-order valence-electron chi connectivity index (χ3n) is 4.66. The number of aryl methyl sites for hydroxylation is 1. The Kier molecular flexibility index (Phi) is 5.51. The van der Waals surface area contributed by atoms with Crippen LogP contribution < -0.4 is 10.1 Å². The molecule has 0 radical (unpaired) electrons. The predicted molar refractivity (Wildman–Crippen MR) is 99.2 cm³/mol. The van der Waals surface area contributed by atoms with Crippen molar-refractivity contribution in [2.24, 2.45) is 5.92 Å². The van der Waals surface area contributed by atoms with Crippen LogP contribution in [0.15, 0.2) is 42.6 Å². The Labute approximate surface area is 153 Å². The second-order valence-corrected chi connectivity index (χ2v) is 6.50. The smallest absolute Gasteiger partial charge is 0.253 e. The summed E-state index contributed by atoms with van der Waals surface area (Å²) in [5.41, 5.74) is 1.69. The van der Waals surface area contributed by atoms with Crippen molar-refractivity contribution >= 4 is 17.6 Å². The largest absolute Gasteiger partial charge is 0.497 e. The molecule has 0 spiro atoms. The highest BCUT2D eigenvalue weighted by atomic mass is 16.5. The van der Waals surface area contributed by atoms with Crippen LogP contribution in [0.2, 0.25) is 0 Å². The number of carbonyl (C=O) groups is 2. The molecule has 0 aliphatic carbocycles. The van der Waals surface area contributed by atoms with Gasteiger partial charge in [0, 0.05) is 30.8 Å². The molecule has 0 atom stereocenters. The number of nitrogens with one attached hydrogen (secondary N) is 1. The Morgan fingerprint density at radius 3 is 2.46 bits per heavy atom. The lowest BCUT2D eigenvalue weighted by molar-refractivity contribution is -0.121.